The molecular formula is C15H8ClF2N3Pt. The van der Waals surface area contributed by atoms with Crippen LogP contribution in [-0.2, 0) is 18.8 Å². The van der Waals surface area contributed by atoms with Crippen LogP contribution >= 0.6 is 9.42 Å². The molecule has 3 aromatic heterocycles. The Labute approximate surface area is 141 Å². The second-order valence-corrected chi connectivity index (χ2v) is 4.00. The van der Waals surface area contributed by atoms with Gasteiger partial charge in [-0.1, -0.05) is 24.3 Å². The van der Waals surface area contributed by atoms with Crippen LogP contribution in [0.2, 0.25) is 0 Å². The van der Waals surface area contributed by atoms with Gasteiger partial charge in [0.2, 0.25) is 0 Å². The topological polar surface area (TPSA) is 38.7 Å². The summed E-state index contributed by atoms with van der Waals surface area (Å²) in [4.78, 5) is 11.3. The molecule has 3 aromatic rings. The van der Waals surface area contributed by atoms with Crippen molar-refractivity contribution in [1.82, 2.24) is 15.0 Å². The van der Waals surface area contributed by atoms with E-state index >= 15 is 0 Å². The Morgan fingerprint density at radius 3 is 1.64 bits per heavy atom. The second kappa shape index (κ2) is 8.06. The van der Waals surface area contributed by atoms with E-state index in [9.17, 15) is 8.78 Å². The molecule has 0 aliphatic rings. The van der Waals surface area contributed by atoms with Crippen LogP contribution in [-0.4, -0.2) is 15.0 Å². The molecule has 3 rings (SSSR count). The molecule has 0 saturated carbocycles. The van der Waals surface area contributed by atoms with E-state index in [2.05, 4.69) is 30.4 Å². The third-order valence-electron chi connectivity index (χ3n) is 2.70. The van der Waals surface area contributed by atoms with Crippen molar-refractivity contribution in [1.29, 1.82) is 0 Å². The van der Waals surface area contributed by atoms with Crippen molar-refractivity contribution in [3.05, 3.63) is 66.8 Å². The van der Waals surface area contributed by atoms with E-state index in [1.54, 1.807) is 55.2 Å². The summed E-state index contributed by atoms with van der Waals surface area (Å²) in [6.45, 7) is 0. The molecule has 0 bridgehead atoms. The molecule has 3 heterocycles. The Balaban J connectivity index is 0.000000847. The van der Waals surface area contributed by atoms with E-state index in [0.717, 1.165) is 0 Å². The van der Waals surface area contributed by atoms with Crippen molar-refractivity contribution in [2.45, 2.75) is 0 Å². The van der Waals surface area contributed by atoms with Crippen molar-refractivity contribution in [3.8, 4) is 22.5 Å². The van der Waals surface area contributed by atoms with Crippen LogP contribution in [0.3, 0.4) is 0 Å². The molecule has 0 spiro atoms. The van der Waals surface area contributed by atoms with E-state index in [1.165, 1.54) is 12.4 Å². The van der Waals surface area contributed by atoms with Crippen molar-refractivity contribution in [2.75, 3.05) is 0 Å². The molecule has 0 atom stereocenters. The summed E-state index contributed by atoms with van der Waals surface area (Å²) in [6, 6.07) is 12.7. The van der Waals surface area contributed by atoms with E-state index in [4.69, 9.17) is 0 Å². The number of halogens is 3. The Hall–Kier alpha value is -1.71. The molecule has 0 aliphatic carbocycles. The summed E-state index contributed by atoms with van der Waals surface area (Å²) in [7, 11) is 4.61. The van der Waals surface area contributed by atoms with Crippen molar-refractivity contribution >= 4 is 9.42 Å². The predicted octanol–water partition coefficient (Wildman–Crippen LogP) is 3.97. The van der Waals surface area contributed by atoms with Crippen LogP contribution in [0.5, 0.6) is 0 Å². The molecule has 0 aromatic carbocycles. The SMILES string of the molecule is Fc1nc(F)c(-c2ccccn2)[c-]c1-c1ccccn1.[Cl][Pt+]. The molecule has 0 radical (unpaired) electrons. The van der Waals surface area contributed by atoms with Crippen LogP contribution in [0.4, 0.5) is 8.78 Å². The molecule has 0 saturated heterocycles. The Morgan fingerprint density at radius 1 is 0.818 bits per heavy atom. The maximum absolute atomic E-state index is 13.8. The van der Waals surface area contributed by atoms with Crippen LogP contribution in [0.15, 0.2) is 48.8 Å². The summed E-state index contributed by atoms with van der Waals surface area (Å²) in [5, 5.41) is 0. The summed E-state index contributed by atoms with van der Waals surface area (Å²) < 4.78 is 27.6. The monoisotopic (exact) mass is 498 g/mol. The van der Waals surface area contributed by atoms with Gasteiger partial charge in [0.05, 0.1) is 0 Å². The van der Waals surface area contributed by atoms with Crippen LogP contribution < -0.4 is 0 Å². The van der Waals surface area contributed by atoms with Gasteiger partial charge in [0.1, 0.15) is 11.9 Å². The third-order valence-corrected chi connectivity index (χ3v) is 2.70. The van der Waals surface area contributed by atoms with Crippen LogP contribution in [0, 0.1) is 18.0 Å². The fraction of sp³-hybridized carbons (Fsp3) is 0. The van der Waals surface area contributed by atoms with Crippen molar-refractivity contribution in [3.63, 3.8) is 0 Å². The number of rotatable bonds is 2. The van der Waals surface area contributed by atoms with Gasteiger partial charge in [0.15, 0.2) is 0 Å². The van der Waals surface area contributed by atoms with Gasteiger partial charge in [-0.05, 0) is 23.3 Å². The van der Waals surface area contributed by atoms with Gasteiger partial charge < -0.3 is 0 Å². The first-order valence-electron chi connectivity index (χ1n) is 5.99. The quantitative estimate of drug-likeness (QED) is 0.396. The fourth-order valence-corrected chi connectivity index (χ4v) is 1.79. The molecular weight excluding hydrogens is 491 g/mol. The summed E-state index contributed by atoms with van der Waals surface area (Å²) >= 11 is 1.61. The second-order valence-electron chi connectivity index (χ2n) is 4.00. The zero-order valence-electron chi connectivity index (χ0n) is 10.9. The number of hydrogen-bond acceptors (Lipinski definition) is 3. The minimum absolute atomic E-state index is 0.0210. The van der Waals surface area contributed by atoms with Gasteiger partial charge in [-0.25, -0.2) is 8.78 Å². The molecule has 0 unspecified atom stereocenters. The summed E-state index contributed by atoms with van der Waals surface area (Å²) in [5.41, 5.74) is 0.727. The zero-order valence-corrected chi connectivity index (χ0v) is 13.9. The molecule has 0 amide bonds. The van der Waals surface area contributed by atoms with Gasteiger partial charge >= 0.3 is 28.2 Å². The first kappa shape index (κ1) is 16.7. The molecule has 0 aliphatic heterocycles. The average molecular weight is 499 g/mol. The fourth-order valence-electron chi connectivity index (χ4n) is 1.79. The number of aromatic nitrogens is 3. The number of nitrogens with zero attached hydrogens (tertiary/aromatic N) is 3. The van der Waals surface area contributed by atoms with Gasteiger partial charge in [-0.3, -0.25) is 15.0 Å². The van der Waals surface area contributed by atoms with Gasteiger partial charge in [0.25, 0.3) is 0 Å². The zero-order chi connectivity index (χ0) is 15.9. The third kappa shape index (κ3) is 3.73. The molecule has 7 heteroatoms. The Morgan fingerprint density at radius 2 is 1.27 bits per heavy atom. The summed E-state index contributed by atoms with van der Waals surface area (Å²) in [5.74, 6) is -1.89. The molecule has 22 heavy (non-hydrogen) atoms. The standard InChI is InChI=1S/C15H8F2N3.ClH.Pt/c16-14-10(12-5-1-3-7-18-12)9-11(15(17)20-14)13-6-2-4-8-19-13;;/h1-8H;1H;/q-1;;+2/p-1. The van der Waals surface area contributed by atoms with E-state index < -0.39 is 11.9 Å². The summed E-state index contributed by atoms with van der Waals surface area (Å²) in [6.07, 6.45) is 3.04. The molecule has 0 N–H and O–H groups in total. The molecule has 0 fully saturated rings. The normalized spacial score (nSPS) is 9.86. The predicted molar refractivity (Wildman–Crippen MR) is 75.3 cm³/mol. The Kier molecular flexibility index (Phi) is 6.10. The molecule has 3 nitrogen and oxygen atoms in total. The van der Waals surface area contributed by atoms with Crippen LogP contribution in [0.1, 0.15) is 0 Å². The minimum atomic E-state index is -0.944. The van der Waals surface area contributed by atoms with Crippen molar-refractivity contribution < 1.29 is 27.6 Å². The van der Waals surface area contributed by atoms with E-state index in [1.807, 2.05) is 0 Å². The van der Waals surface area contributed by atoms with E-state index in [0.29, 0.717) is 11.4 Å². The van der Waals surface area contributed by atoms with Crippen molar-refractivity contribution in [2.24, 2.45) is 0 Å². The van der Waals surface area contributed by atoms with Crippen LogP contribution in [0.25, 0.3) is 22.5 Å². The first-order valence-corrected chi connectivity index (χ1v) is 8.80. The van der Waals surface area contributed by atoms with Gasteiger partial charge in [-0.15, -0.1) is 6.07 Å². The maximum atomic E-state index is 13.8. The molecule has 114 valence electrons. The van der Waals surface area contributed by atoms with Gasteiger partial charge in [-0.2, -0.15) is 0 Å². The van der Waals surface area contributed by atoms with E-state index in [-0.39, 0.29) is 11.1 Å². The number of pyridine rings is 3. The first-order chi connectivity index (χ1) is 10.8. The van der Waals surface area contributed by atoms with Gasteiger partial charge in [0, 0.05) is 23.8 Å². The number of hydrogen-bond donors (Lipinski definition) is 0. The Bertz CT molecular complexity index is 682. The average Bonchev–Trinajstić information content (AvgIpc) is 2.58.